The first-order valence-corrected chi connectivity index (χ1v) is 7.29. The highest BCUT2D eigenvalue weighted by atomic mass is 31.2. The summed E-state index contributed by atoms with van der Waals surface area (Å²) in [7, 11) is -4.33. The fourth-order valence-electron chi connectivity index (χ4n) is 1.39. The molecule has 0 aromatic heterocycles. The number of carboxylic acids is 1. The maximum atomic E-state index is 11.8. The summed E-state index contributed by atoms with van der Waals surface area (Å²) in [6, 6.07) is 6.79. The number of aliphatic carboxylic acids is 1. The number of carboxylic acid groups (broad SMARTS) is 1. The van der Waals surface area contributed by atoms with E-state index in [1.165, 1.54) is 12.1 Å². The number of carbonyl (C=O) groups is 2. The highest BCUT2D eigenvalue weighted by Gasteiger charge is 2.19. The first-order chi connectivity index (χ1) is 9.29. The van der Waals surface area contributed by atoms with Gasteiger partial charge in [-0.25, -0.2) is 4.79 Å². The number of carbonyl (C=O) groups excluding carboxylic acids is 1. The van der Waals surface area contributed by atoms with Crippen molar-refractivity contribution in [1.82, 2.24) is 5.32 Å². The Hall–Kier alpha value is -1.95. The number of benzene rings is 1. The highest BCUT2D eigenvalue weighted by Crippen LogP contribution is 2.36. The standard InChI is InChI=1S/C12H14NO6P/c14-11(9-5-2-1-3-6-9)13-10(12(15)16)7-4-8-20(17,18)19/h1-6,8,10H,7H2,(H,13,14)(H,15,16)(H2,17,18,19)/b8-4+. The zero-order valence-corrected chi connectivity index (χ0v) is 11.2. The van der Waals surface area contributed by atoms with Crippen LogP contribution in [0.5, 0.6) is 0 Å². The van der Waals surface area contributed by atoms with Crippen molar-refractivity contribution in [3.05, 3.63) is 47.8 Å². The Morgan fingerprint density at radius 2 is 1.85 bits per heavy atom. The van der Waals surface area contributed by atoms with Crippen molar-refractivity contribution in [2.45, 2.75) is 12.5 Å². The molecule has 1 unspecified atom stereocenters. The lowest BCUT2D eigenvalue weighted by Crippen LogP contribution is -2.40. The normalized spacial score (nSPS) is 13.1. The van der Waals surface area contributed by atoms with Crippen LogP contribution in [-0.2, 0) is 9.36 Å². The zero-order valence-electron chi connectivity index (χ0n) is 10.3. The fraction of sp³-hybridized carbons (Fsp3) is 0.167. The Balaban J connectivity index is 2.69. The molecule has 0 aliphatic heterocycles. The van der Waals surface area contributed by atoms with Gasteiger partial charge in [0.25, 0.3) is 5.91 Å². The van der Waals surface area contributed by atoms with Crippen molar-refractivity contribution in [1.29, 1.82) is 0 Å². The molecule has 108 valence electrons. The maximum Gasteiger partial charge on any atom is 0.348 e. The summed E-state index contributed by atoms with van der Waals surface area (Å²) < 4.78 is 10.6. The van der Waals surface area contributed by atoms with E-state index in [1.54, 1.807) is 18.2 Å². The predicted octanol–water partition coefficient (Wildman–Crippen LogP) is 0.951. The van der Waals surface area contributed by atoms with Crippen molar-refractivity contribution >= 4 is 19.5 Å². The minimum Gasteiger partial charge on any atom is -0.480 e. The average molecular weight is 299 g/mol. The molecule has 20 heavy (non-hydrogen) atoms. The number of nitrogens with one attached hydrogen (secondary N) is 1. The molecule has 4 N–H and O–H groups in total. The summed E-state index contributed by atoms with van der Waals surface area (Å²) in [6.45, 7) is 0. The number of hydrogen-bond donors (Lipinski definition) is 4. The van der Waals surface area contributed by atoms with E-state index in [0.29, 0.717) is 11.4 Å². The van der Waals surface area contributed by atoms with Crippen molar-refractivity contribution in [3.8, 4) is 0 Å². The Labute approximate surface area is 115 Å². The van der Waals surface area contributed by atoms with Gasteiger partial charge in [0, 0.05) is 11.4 Å². The molecule has 0 bridgehead atoms. The molecule has 0 fully saturated rings. The van der Waals surface area contributed by atoms with Crippen LogP contribution in [-0.4, -0.2) is 32.8 Å². The van der Waals surface area contributed by atoms with Gasteiger partial charge in [0.15, 0.2) is 0 Å². The van der Waals surface area contributed by atoms with Crippen LogP contribution < -0.4 is 5.32 Å². The van der Waals surface area contributed by atoms with Crippen LogP contribution in [0.1, 0.15) is 16.8 Å². The largest absolute Gasteiger partial charge is 0.480 e. The minimum atomic E-state index is -4.33. The summed E-state index contributed by atoms with van der Waals surface area (Å²) in [5.74, 6) is -1.25. The van der Waals surface area contributed by atoms with Crippen molar-refractivity contribution < 1.29 is 29.0 Å². The molecule has 0 spiro atoms. The van der Waals surface area contributed by atoms with E-state index in [2.05, 4.69) is 5.32 Å². The first kappa shape index (κ1) is 16.1. The number of amides is 1. The summed E-state index contributed by atoms with van der Waals surface area (Å²) >= 11 is 0. The molecule has 1 aromatic rings. The summed E-state index contributed by atoms with van der Waals surface area (Å²) in [5, 5.41) is 11.2. The Bertz CT molecular complexity index is 550. The third-order valence-corrected chi connectivity index (χ3v) is 2.91. The van der Waals surface area contributed by atoms with Gasteiger partial charge in [-0.2, -0.15) is 0 Å². The molecule has 0 heterocycles. The second-order valence-electron chi connectivity index (χ2n) is 3.94. The maximum absolute atomic E-state index is 11.8. The van der Waals surface area contributed by atoms with Crippen LogP contribution in [0.2, 0.25) is 0 Å². The molecule has 0 saturated heterocycles. The van der Waals surface area contributed by atoms with E-state index >= 15 is 0 Å². The topological polar surface area (TPSA) is 124 Å². The minimum absolute atomic E-state index is 0.223. The molecule has 1 rings (SSSR count). The van der Waals surface area contributed by atoms with Crippen LogP contribution in [0.25, 0.3) is 0 Å². The van der Waals surface area contributed by atoms with Gasteiger partial charge in [-0.3, -0.25) is 9.36 Å². The van der Waals surface area contributed by atoms with E-state index in [4.69, 9.17) is 14.9 Å². The Morgan fingerprint density at radius 3 is 2.35 bits per heavy atom. The van der Waals surface area contributed by atoms with E-state index in [-0.39, 0.29) is 6.42 Å². The molecule has 7 nitrogen and oxygen atoms in total. The van der Waals surface area contributed by atoms with Gasteiger partial charge in [-0.15, -0.1) is 0 Å². The quantitative estimate of drug-likeness (QED) is 0.580. The molecule has 0 saturated carbocycles. The lowest BCUT2D eigenvalue weighted by Gasteiger charge is -2.12. The fourth-order valence-corrected chi connectivity index (χ4v) is 1.78. The summed E-state index contributed by atoms with van der Waals surface area (Å²) in [5.41, 5.74) is 0.303. The van der Waals surface area contributed by atoms with Crippen molar-refractivity contribution in [2.75, 3.05) is 0 Å². The smallest absolute Gasteiger partial charge is 0.348 e. The van der Waals surface area contributed by atoms with Gasteiger partial charge >= 0.3 is 13.6 Å². The van der Waals surface area contributed by atoms with Crippen LogP contribution in [0, 0.1) is 0 Å². The average Bonchev–Trinajstić information content (AvgIpc) is 2.37. The van der Waals surface area contributed by atoms with E-state index < -0.39 is 25.5 Å². The monoisotopic (exact) mass is 299 g/mol. The van der Waals surface area contributed by atoms with Gasteiger partial charge in [0.05, 0.1) is 0 Å². The highest BCUT2D eigenvalue weighted by molar-refractivity contribution is 7.55. The van der Waals surface area contributed by atoms with Crippen LogP contribution in [0.4, 0.5) is 0 Å². The van der Waals surface area contributed by atoms with Gasteiger partial charge in [-0.05, 0) is 18.6 Å². The summed E-state index contributed by atoms with van der Waals surface area (Å²) in [4.78, 5) is 40.0. The van der Waals surface area contributed by atoms with E-state index in [9.17, 15) is 14.2 Å². The SMILES string of the molecule is O=C(NC(C/C=C/P(=O)(O)O)C(=O)O)c1ccccc1. The van der Waals surface area contributed by atoms with Gasteiger partial charge in [0.2, 0.25) is 0 Å². The van der Waals surface area contributed by atoms with Gasteiger partial charge in [-0.1, -0.05) is 24.3 Å². The zero-order chi connectivity index (χ0) is 15.2. The molecule has 0 radical (unpaired) electrons. The molecule has 1 amide bonds. The van der Waals surface area contributed by atoms with E-state index in [0.717, 1.165) is 6.08 Å². The molecular formula is C12H14NO6P. The lowest BCUT2D eigenvalue weighted by atomic mass is 10.1. The van der Waals surface area contributed by atoms with Crippen LogP contribution in [0.3, 0.4) is 0 Å². The van der Waals surface area contributed by atoms with Crippen molar-refractivity contribution in [2.24, 2.45) is 0 Å². The van der Waals surface area contributed by atoms with E-state index in [1.807, 2.05) is 0 Å². The van der Waals surface area contributed by atoms with Crippen LogP contribution in [0.15, 0.2) is 42.2 Å². The predicted molar refractivity (Wildman–Crippen MR) is 71.1 cm³/mol. The molecule has 1 atom stereocenters. The summed E-state index contributed by atoms with van der Waals surface area (Å²) in [6.07, 6.45) is 0.809. The number of hydrogen-bond acceptors (Lipinski definition) is 3. The first-order valence-electron chi connectivity index (χ1n) is 5.61. The van der Waals surface area contributed by atoms with Crippen LogP contribution >= 0.6 is 7.60 Å². The molecule has 1 aromatic carbocycles. The lowest BCUT2D eigenvalue weighted by molar-refractivity contribution is -0.139. The number of rotatable bonds is 6. The Morgan fingerprint density at radius 1 is 1.25 bits per heavy atom. The third kappa shape index (κ3) is 5.79. The Kier molecular flexibility index (Phi) is 5.64. The molecule has 0 aliphatic rings. The van der Waals surface area contributed by atoms with Crippen molar-refractivity contribution in [3.63, 3.8) is 0 Å². The van der Waals surface area contributed by atoms with Gasteiger partial charge in [0.1, 0.15) is 6.04 Å². The van der Waals surface area contributed by atoms with Gasteiger partial charge < -0.3 is 20.2 Å². The molecule has 8 heteroatoms. The second kappa shape index (κ2) is 7.00. The molecular weight excluding hydrogens is 285 g/mol. The third-order valence-electron chi connectivity index (χ3n) is 2.31. The molecule has 0 aliphatic carbocycles. The second-order valence-corrected chi connectivity index (χ2v) is 5.42.